The molecule has 104 valence electrons. The van der Waals surface area contributed by atoms with Crippen molar-refractivity contribution in [1.29, 1.82) is 0 Å². The molecule has 0 saturated carbocycles. The Kier molecular flexibility index (Phi) is 4.85. The van der Waals surface area contributed by atoms with E-state index in [2.05, 4.69) is 5.32 Å². The second kappa shape index (κ2) is 6.82. The number of hydrogen-bond acceptors (Lipinski definition) is 2. The van der Waals surface area contributed by atoms with Gasteiger partial charge in [-0.3, -0.25) is 4.79 Å². The second-order valence-electron chi connectivity index (χ2n) is 4.60. The van der Waals surface area contributed by atoms with Gasteiger partial charge in [0.15, 0.2) is 0 Å². The Labute approximate surface area is 117 Å². The van der Waals surface area contributed by atoms with Crippen molar-refractivity contribution in [1.82, 2.24) is 5.32 Å². The highest BCUT2D eigenvalue weighted by molar-refractivity contribution is 5.78. The van der Waals surface area contributed by atoms with E-state index in [4.69, 9.17) is 5.73 Å². The van der Waals surface area contributed by atoms with E-state index in [0.29, 0.717) is 13.1 Å². The Hall–Kier alpha value is -2.20. The minimum absolute atomic E-state index is 0.0838. The van der Waals surface area contributed by atoms with Crippen LogP contribution >= 0.6 is 0 Å². The first-order valence-corrected chi connectivity index (χ1v) is 6.46. The Balaban J connectivity index is 1.83. The molecule has 0 bridgehead atoms. The van der Waals surface area contributed by atoms with Gasteiger partial charge in [-0.2, -0.15) is 0 Å². The summed E-state index contributed by atoms with van der Waals surface area (Å²) in [5.41, 5.74) is 8.40. The highest BCUT2D eigenvalue weighted by Gasteiger charge is 2.03. The molecule has 0 unspecified atom stereocenters. The molecule has 0 fully saturated rings. The number of hydrogen-bond donors (Lipinski definition) is 2. The van der Waals surface area contributed by atoms with Crippen LogP contribution in [0.2, 0.25) is 0 Å². The number of carbonyl (C=O) groups is 1. The molecule has 0 atom stereocenters. The number of nitrogens with one attached hydrogen (secondary N) is 1. The predicted octanol–water partition coefficient (Wildman–Crippen LogP) is 2.14. The summed E-state index contributed by atoms with van der Waals surface area (Å²) in [6, 6.07) is 13.7. The maximum Gasteiger partial charge on any atom is 0.224 e. The average Bonchev–Trinajstić information content (AvgIpc) is 2.48. The van der Waals surface area contributed by atoms with E-state index in [1.165, 1.54) is 12.1 Å². The second-order valence-corrected chi connectivity index (χ2v) is 4.60. The summed E-state index contributed by atoms with van der Waals surface area (Å²) in [4.78, 5) is 11.8. The van der Waals surface area contributed by atoms with Crippen molar-refractivity contribution in [2.45, 2.75) is 19.5 Å². The van der Waals surface area contributed by atoms with Gasteiger partial charge in [-0.1, -0.05) is 36.4 Å². The monoisotopic (exact) mass is 272 g/mol. The summed E-state index contributed by atoms with van der Waals surface area (Å²) in [6.45, 7) is 0.988. The van der Waals surface area contributed by atoms with Gasteiger partial charge in [-0.05, 0) is 28.8 Å². The standard InChI is InChI=1S/C16H17FN2O/c17-15-7-5-12(6-8-15)9-16(20)19-11-14-3-1-13(10-18)2-4-14/h1-8H,9-11,18H2,(H,19,20). The van der Waals surface area contributed by atoms with E-state index in [9.17, 15) is 9.18 Å². The lowest BCUT2D eigenvalue weighted by molar-refractivity contribution is -0.120. The van der Waals surface area contributed by atoms with Gasteiger partial charge in [0.1, 0.15) is 5.82 Å². The summed E-state index contributed by atoms with van der Waals surface area (Å²) in [5.74, 6) is -0.381. The van der Waals surface area contributed by atoms with Gasteiger partial charge in [0.25, 0.3) is 0 Å². The van der Waals surface area contributed by atoms with Crippen molar-refractivity contribution >= 4 is 5.91 Å². The summed E-state index contributed by atoms with van der Waals surface area (Å²) in [5, 5.41) is 2.84. The Morgan fingerprint density at radius 2 is 1.50 bits per heavy atom. The largest absolute Gasteiger partial charge is 0.352 e. The zero-order valence-corrected chi connectivity index (χ0v) is 11.1. The zero-order chi connectivity index (χ0) is 14.4. The van der Waals surface area contributed by atoms with E-state index in [-0.39, 0.29) is 18.1 Å². The molecule has 20 heavy (non-hydrogen) atoms. The molecule has 2 aromatic carbocycles. The summed E-state index contributed by atoms with van der Waals surface area (Å²) >= 11 is 0. The number of amides is 1. The fraction of sp³-hybridized carbons (Fsp3) is 0.188. The van der Waals surface area contributed by atoms with Crippen molar-refractivity contribution in [3.63, 3.8) is 0 Å². The zero-order valence-electron chi connectivity index (χ0n) is 11.1. The Morgan fingerprint density at radius 1 is 0.950 bits per heavy atom. The lowest BCUT2D eigenvalue weighted by atomic mass is 10.1. The molecule has 3 nitrogen and oxygen atoms in total. The van der Waals surface area contributed by atoms with Crippen LogP contribution in [0.5, 0.6) is 0 Å². The minimum atomic E-state index is -0.297. The lowest BCUT2D eigenvalue weighted by Crippen LogP contribution is -2.24. The van der Waals surface area contributed by atoms with E-state index < -0.39 is 0 Å². The molecule has 4 heteroatoms. The van der Waals surface area contributed by atoms with Crippen LogP contribution in [0.1, 0.15) is 16.7 Å². The van der Waals surface area contributed by atoms with Gasteiger partial charge >= 0.3 is 0 Å². The smallest absolute Gasteiger partial charge is 0.224 e. The number of carbonyl (C=O) groups excluding carboxylic acids is 1. The first-order chi connectivity index (χ1) is 9.67. The molecule has 2 rings (SSSR count). The lowest BCUT2D eigenvalue weighted by Gasteiger charge is -2.06. The molecule has 0 aromatic heterocycles. The number of nitrogens with two attached hydrogens (primary N) is 1. The first-order valence-electron chi connectivity index (χ1n) is 6.46. The number of benzene rings is 2. The molecular formula is C16H17FN2O. The molecule has 0 radical (unpaired) electrons. The number of halogens is 1. The van der Waals surface area contributed by atoms with Gasteiger partial charge in [0, 0.05) is 13.1 Å². The maximum absolute atomic E-state index is 12.7. The number of rotatable bonds is 5. The van der Waals surface area contributed by atoms with Gasteiger partial charge in [0.05, 0.1) is 6.42 Å². The molecule has 0 saturated heterocycles. The normalized spacial score (nSPS) is 10.3. The van der Waals surface area contributed by atoms with Crippen LogP contribution in [0.15, 0.2) is 48.5 Å². The van der Waals surface area contributed by atoms with Crippen LogP contribution in [0.25, 0.3) is 0 Å². The first kappa shape index (κ1) is 14.2. The van der Waals surface area contributed by atoms with Gasteiger partial charge < -0.3 is 11.1 Å². The van der Waals surface area contributed by atoms with Crippen molar-refractivity contribution in [3.8, 4) is 0 Å². The van der Waals surface area contributed by atoms with Crippen LogP contribution in [0, 0.1) is 5.82 Å². The van der Waals surface area contributed by atoms with Gasteiger partial charge in [0.2, 0.25) is 5.91 Å². The fourth-order valence-corrected chi connectivity index (χ4v) is 1.84. The Morgan fingerprint density at radius 3 is 2.10 bits per heavy atom. The van der Waals surface area contributed by atoms with E-state index >= 15 is 0 Å². The molecule has 3 N–H and O–H groups in total. The van der Waals surface area contributed by atoms with E-state index in [0.717, 1.165) is 16.7 Å². The highest BCUT2D eigenvalue weighted by atomic mass is 19.1. The predicted molar refractivity (Wildman–Crippen MR) is 76.3 cm³/mol. The molecule has 0 spiro atoms. The quantitative estimate of drug-likeness (QED) is 0.876. The van der Waals surface area contributed by atoms with Crippen LogP contribution < -0.4 is 11.1 Å². The third kappa shape index (κ3) is 4.17. The molecule has 2 aromatic rings. The molecule has 1 amide bonds. The average molecular weight is 272 g/mol. The van der Waals surface area contributed by atoms with Gasteiger partial charge in [-0.15, -0.1) is 0 Å². The van der Waals surface area contributed by atoms with E-state index in [1.807, 2.05) is 24.3 Å². The molecule has 0 aliphatic rings. The van der Waals surface area contributed by atoms with Crippen LogP contribution in [0.3, 0.4) is 0 Å². The summed E-state index contributed by atoms with van der Waals surface area (Å²) < 4.78 is 12.7. The van der Waals surface area contributed by atoms with Crippen molar-refractivity contribution in [2.24, 2.45) is 5.73 Å². The topological polar surface area (TPSA) is 55.1 Å². The molecule has 0 heterocycles. The van der Waals surface area contributed by atoms with Crippen LogP contribution in [0.4, 0.5) is 4.39 Å². The highest BCUT2D eigenvalue weighted by Crippen LogP contribution is 2.05. The molecular weight excluding hydrogens is 255 g/mol. The fourth-order valence-electron chi connectivity index (χ4n) is 1.84. The van der Waals surface area contributed by atoms with Crippen molar-refractivity contribution in [2.75, 3.05) is 0 Å². The van der Waals surface area contributed by atoms with Crippen LogP contribution in [-0.2, 0) is 24.3 Å². The third-order valence-corrected chi connectivity index (χ3v) is 3.03. The van der Waals surface area contributed by atoms with Crippen molar-refractivity contribution < 1.29 is 9.18 Å². The van der Waals surface area contributed by atoms with Crippen molar-refractivity contribution in [3.05, 3.63) is 71.0 Å². The maximum atomic E-state index is 12.7. The van der Waals surface area contributed by atoms with Crippen LogP contribution in [-0.4, -0.2) is 5.91 Å². The van der Waals surface area contributed by atoms with E-state index in [1.54, 1.807) is 12.1 Å². The molecule has 0 aliphatic heterocycles. The Bertz CT molecular complexity index is 564. The third-order valence-electron chi connectivity index (χ3n) is 3.03. The van der Waals surface area contributed by atoms with Gasteiger partial charge in [-0.25, -0.2) is 4.39 Å². The molecule has 0 aliphatic carbocycles. The summed E-state index contributed by atoms with van der Waals surface area (Å²) in [7, 11) is 0. The SMILES string of the molecule is NCc1ccc(CNC(=O)Cc2ccc(F)cc2)cc1. The minimum Gasteiger partial charge on any atom is -0.352 e. The summed E-state index contributed by atoms with van der Waals surface area (Å²) in [6.07, 6.45) is 0.251.